The summed E-state index contributed by atoms with van der Waals surface area (Å²) in [5.41, 5.74) is 1.14. The molecule has 1 unspecified atom stereocenters. The van der Waals surface area contributed by atoms with E-state index in [1.54, 1.807) is 19.2 Å². The predicted molar refractivity (Wildman–Crippen MR) is 75.2 cm³/mol. The van der Waals surface area contributed by atoms with Gasteiger partial charge in [0.1, 0.15) is 5.75 Å². The van der Waals surface area contributed by atoms with Crippen LogP contribution in [-0.2, 0) is 0 Å². The van der Waals surface area contributed by atoms with Crippen molar-refractivity contribution >= 4 is 11.7 Å². The van der Waals surface area contributed by atoms with Crippen molar-refractivity contribution in [3.05, 3.63) is 23.8 Å². The average molecular weight is 263 g/mol. The molecule has 0 radical (unpaired) electrons. The molecule has 1 N–H and O–H groups in total. The molecule has 104 valence electrons. The van der Waals surface area contributed by atoms with Gasteiger partial charge in [-0.25, -0.2) is 4.79 Å². The van der Waals surface area contributed by atoms with E-state index in [4.69, 9.17) is 4.74 Å². The molecule has 1 aromatic rings. The van der Waals surface area contributed by atoms with Gasteiger partial charge in [0, 0.05) is 19.2 Å². The van der Waals surface area contributed by atoms with Crippen LogP contribution in [0.1, 0.15) is 36.5 Å². The molecule has 2 rings (SSSR count). The lowest BCUT2D eigenvalue weighted by atomic mass is 10.0. The van der Waals surface area contributed by atoms with Crippen LogP contribution < -0.4 is 9.64 Å². The minimum Gasteiger partial charge on any atom is -0.497 e. The fourth-order valence-corrected chi connectivity index (χ4v) is 2.78. The summed E-state index contributed by atoms with van der Waals surface area (Å²) < 4.78 is 5.20. The first-order valence-electron chi connectivity index (χ1n) is 6.82. The number of rotatable bonds is 5. The maximum absolute atomic E-state index is 11.3. The van der Waals surface area contributed by atoms with Crippen molar-refractivity contribution in [1.82, 2.24) is 0 Å². The largest absolute Gasteiger partial charge is 0.497 e. The molecule has 0 aromatic heterocycles. The topological polar surface area (TPSA) is 49.8 Å². The van der Waals surface area contributed by atoms with Crippen molar-refractivity contribution in [1.29, 1.82) is 0 Å². The highest BCUT2D eigenvalue weighted by Crippen LogP contribution is 2.31. The highest BCUT2D eigenvalue weighted by Gasteiger charge is 2.25. The summed E-state index contributed by atoms with van der Waals surface area (Å²) in [6.45, 7) is 4.07. The lowest BCUT2D eigenvalue weighted by molar-refractivity contribution is 0.0697. The third kappa shape index (κ3) is 3.00. The number of hydrogen-bond donors (Lipinski definition) is 1. The van der Waals surface area contributed by atoms with Crippen LogP contribution in [0.15, 0.2) is 18.2 Å². The third-order valence-corrected chi connectivity index (χ3v) is 3.76. The number of nitrogens with zero attached hydrogens (tertiary/aromatic N) is 1. The van der Waals surface area contributed by atoms with Gasteiger partial charge in [0.15, 0.2) is 0 Å². The molecule has 1 atom stereocenters. The van der Waals surface area contributed by atoms with E-state index in [0.717, 1.165) is 25.2 Å². The number of carboxylic acids is 1. The molecule has 0 bridgehead atoms. The standard InChI is InChI=1S/C15H21NO3/c1-3-4-11-7-8-16(10-11)14-9-12(19-2)5-6-13(14)15(17)18/h5-6,9,11H,3-4,7-8,10H2,1-2H3,(H,17,18). The molecule has 0 amide bonds. The molecule has 1 aromatic carbocycles. The Balaban J connectivity index is 2.25. The van der Waals surface area contributed by atoms with Gasteiger partial charge in [-0.3, -0.25) is 0 Å². The summed E-state index contributed by atoms with van der Waals surface area (Å²) in [4.78, 5) is 13.5. The second kappa shape index (κ2) is 5.95. The van der Waals surface area contributed by atoms with E-state index in [-0.39, 0.29) is 0 Å². The Hall–Kier alpha value is -1.71. The monoisotopic (exact) mass is 263 g/mol. The zero-order chi connectivity index (χ0) is 13.8. The fraction of sp³-hybridized carbons (Fsp3) is 0.533. The van der Waals surface area contributed by atoms with Crippen molar-refractivity contribution in [2.24, 2.45) is 5.92 Å². The van der Waals surface area contributed by atoms with Crippen LogP contribution in [0, 0.1) is 5.92 Å². The number of carbonyl (C=O) groups is 1. The van der Waals surface area contributed by atoms with Crippen LogP contribution in [0.4, 0.5) is 5.69 Å². The third-order valence-electron chi connectivity index (χ3n) is 3.76. The smallest absolute Gasteiger partial charge is 0.337 e. The second-order valence-corrected chi connectivity index (χ2v) is 5.08. The Kier molecular flexibility index (Phi) is 4.30. The summed E-state index contributed by atoms with van der Waals surface area (Å²) >= 11 is 0. The molecule has 1 aliphatic rings. The Bertz CT molecular complexity index is 459. The first kappa shape index (κ1) is 13.7. The van der Waals surface area contributed by atoms with Gasteiger partial charge in [0.05, 0.1) is 18.4 Å². The highest BCUT2D eigenvalue weighted by molar-refractivity contribution is 5.95. The summed E-state index contributed by atoms with van der Waals surface area (Å²) in [5, 5.41) is 9.29. The summed E-state index contributed by atoms with van der Waals surface area (Å²) in [5.74, 6) is 0.508. The van der Waals surface area contributed by atoms with Gasteiger partial charge in [-0.05, 0) is 30.9 Å². The van der Waals surface area contributed by atoms with Gasteiger partial charge < -0.3 is 14.7 Å². The van der Waals surface area contributed by atoms with Gasteiger partial charge in [-0.15, -0.1) is 0 Å². The molecule has 1 heterocycles. The van der Waals surface area contributed by atoms with Crippen molar-refractivity contribution in [2.45, 2.75) is 26.2 Å². The van der Waals surface area contributed by atoms with Crippen LogP contribution in [0.5, 0.6) is 5.75 Å². The summed E-state index contributed by atoms with van der Waals surface area (Å²) in [6.07, 6.45) is 3.54. The first-order valence-corrected chi connectivity index (χ1v) is 6.82. The number of carboxylic acid groups (broad SMARTS) is 1. The number of anilines is 1. The maximum atomic E-state index is 11.3. The molecular weight excluding hydrogens is 242 g/mol. The molecule has 0 aliphatic carbocycles. The molecule has 0 saturated carbocycles. The quantitative estimate of drug-likeness (QED) is 0.887. The van der Waals surface area contributed by atoms with Crippen molar-refractivity contribution < 1.29 is 14.6 Å². The van der Waals surface area contributed by atoms with E-state index in [9.17, 15) is 9.90 Å². The van der Waals surface area contributed by atoms with Crippen molar-refractivity contribution in [3.63, 3.8) is 0 Å². The number of benzene rings is 1. The SMILES string of the molecule is CCCC1CCN(c2cc(OC)ccc2C(=O)O)C1. The van der Waals surface area contributed by atoms with E-state index in [1.807, 2.05) is 6.07 Å². The van der Waals surface area contributed by atoms with Crippen LogP contribution in [0.25, 0.3) is 0 Å². The first-order chi connectivity index (χ1) is 9.15. The summed E-state index contributed by atoms with van der Waals surface area (Å²) in [6, 6.07) is 5.16. The van der Waals surface area contributed by atoms with E-state index >= 15 is 0 Å². The van der Waals surface area contributed by atoms with Crippen molar-refractivity contribution in [2.75, 3.05) is 25.1 Å². The fourth-order valence-electron chi connectivity index (χ4n) is 2.78. The van der Waals surface area contributed by atoms with E-state index in [0.29, 0.717) is 17.2 Å². The summed E-state index contributed by atoms with van der Waals surface area (Å²) in [7, 11) is 1.60. The van der Waals surface area contributed by atoms with Gasteiger partial charge in [-0.2, -0.15) is 0 Å². The molecule has 4 heteroatoms. The van der Waals surface area contributed by atoms with Gasteiger partial charge in [-0.1, -0.05) is 13.3 Å². The van der Waals surface area contributed by atoms with Gasteiger partial charge >= 0.3 is 5.97 Å². The van der Waals surface area contributed by atoms with E-state index < -0.39 is 5.97 Å². The molecule has 4 nitrogen and oxygen atoms in total. The maximum Gasteiger partial charge on any atom is 0.337 e. The zero-order valence-corrected chi connectivity index (χ0v) is 11.6. The molecule has 1 saturated heterocycles. The minimum absolute atomic E-state index is 0.359. The average Bonchev–Trinajstić information content (AvgIpc) is 2.87. The minimum atomic E-state index is -0.878. The Labute approximate surface area is 114 Å². The zero-order valence-electron chi connectivity index (χ0n) is 11.6. The number of hydrogen-bond acceptors (Lipinski definition) is 3. The normalized spacial score (nSPS) is 18.6. The molecule has 19 heavy (non-hydrogen) atoms. The number of methoxy groups -OCH3 is 1. The Morgan fingerprint density at radius 3 is 2.95 bits per heavy atom. The highest BCUT2D eigenvalue weighted by atomic mass is 16.5. The number of ether oxygens (including phenoxy) is 1. The van der Waals surface area contributed by atoms with Gasteiger partial charge in [0.2, 0.25) is 0 Å². The van der Waals surface area contributed by atoms with Crippen molar-refractivity contribution in [3.8, 4) is 5.75 Å². The van der Waals surface area contributed by atoms with Crippen LogP contribution in [0.2, 0.25) is 0 Å². The van der Waals surface area contributed by atoms with Crippen LogP contribution in [0.3, 0.4) is 0 Å². The predicted octanol–water partition coefficient (Wildman–Crippen LogP) is 3.02. The second-order valence-electron chi connectivity index (χ2n) is 5.08. The lowest BCUT2D eigenvalue weighted by Gasteiger charge is -2.21. The molecule has 1 fully saturated rings. The van der Waals surface area contributed by atoms with E-state index in [1.165, 1.54) is 12.8 Å². The van der Waals surface area contributed by atoms with Crippen LogP contribution >= 0.6 is 0 Å². The van der Waals surface area contributed by atoms with Crippen LogP contribution in [-0.4, -0.2) is 31.3 Å². The molecule has 1 aliphatic heterocycles. The Morgan fingerprint density at radius 2 is 2.32 bits per heavy atom. The molecule has 0 spiro atoms. The Morgan fingerprint density at radius 1 is 1.53 bits per heavy atom. The lowest BCUT2D eigenvalue weighted by Crippen LogP contribution is -2.22. The number of aromatic carboxylic acids is 1. The molecular formula is C15H21NO3. The van der Waals surface area contributed by atoms with E-state index in [2.05, 4.69) is 11.8 Å². The van der Waals surface area contributed by atoms with Gasteiger partial charge in [0.25, 0.3) is 0 Å².